The largest absolute Gasteiger partial charge is 0.405 e. The van der Waals surface area contributed by atoms with Gasteiger partial charge in [0.05, 0.1) is 6.54 Å². The topological polar surface area (TPSA) is 134 Å². The molecule has 0 aromatic carbocycles. The molecule has 0 spiro atoms. The Morgan fingerprint density at radius 3 is 2.78 bits per heavy atom. The van der Waals surface area contributed by atoms with E-state index in [0.29, 0.717) is 6.41 Å². The van der Waals surface area contributed by atoms with Crippen LogP contribution in [-0.2, 0) is 19.1 Å². The first-order chi connectivity index (χ1) is 10.7. The van der Waals surface area contributed by atoms with Crippen LogP contribution in [0.25, 0.3) is 0 Å². The second-order valence-corrected chi connectivity index (χ2v) is 5.01. The van der Waals surface area contributed by atoms with E-state index in [4.69, 9.17) is 10.5 Å². The molecule has 0 aliphatic carbocycles. The van der Waals surface area contributed by atoms with Crippen LogP contribution in [0.1, 0.15) is 12.8 Å². The highest BCUT2D eigenvalue weighted by Gasteiger charge is 2.46. The van der Waals surface area contributed by atoms with Gasteiger partial charge in [-0.15, -0.1) is 0 Å². The fraction of sp³-hybridized carbons (Fsp3) is 0.583. The highest BCUT2D eigenvalue weighted by molar-refractivity contribution is 7.80. The minimum atomic E-state index is -2.90. The Morgan fingerprint density at radius 2 is 2.26 bits per heavy atom. The minimum absolute atomic E-state index is 0.0474. The second-order valence-electron chi connectivity index (χ2n) is 4.60. The number of ether oxygens (including phenoxy) is 2. The molecule has 1 saturated heterocycles. The van der Waals surface area contributed by atoms with E-state index in [1.165, 1.54) is 7.05 Å². The number of carbonyl (C=O) groups excluding carboxylic acids is 2. The van der Waals surface area contributed by atoms with Gasteiger partial charge in [0.15, 0.2) is 11.9 Å². The highest BCUT2D eigenvalue weighted by Crippen LogP contribution is 2.29. The number of likely N-dealkylation sites (N-methyl/N-ethyl adjacent to an activating group) is 1. The number of carbonyl (C=O) groups is 2. The predicted octanol–water partition coefficient (Wildman–Crippen LogP) is -1.55. The molecule has 0 radical (unpaired) electrons. The Morgan fingerprint density at radius 1 is 1.61 bits per heavy atom. The van der Waals surface area contributed by atoms with Crippen LogP contribution in [0.2, 0.25) is 0 Å². The number of aliphatic hydroxyl groups is 2. The van der Waals surface area contributed by atoms with E-state index in [0.717, 1.165) is 11.1 Å². The average molecular weight is 351 g/mol. The molecular formula is C12H18FN3O6S. The van der Waals surface area contributed by atoms with E-state index in [1.54, 1.807) is 0 Å². The van der Waals surface area contributed by atoms with E-state index >= 15 is 0 Å². The Kier molecular flexibility index (Phi) is 6.97. The van der Waals surface area contributed by atoms with Gasteiger partial charge in [-0.3, -0.25) is 14.5 Å². The number of nitrogens with zero attached hydrogens (tertiary/aromatic N) is 1. The van der Waals surface area contributed by atoms with Crippen molar-refractivity contribution in [1.82, 2.24) is 10.2 Å². The number of rotatable bonds is 7. The molecule has 23 heavy (non-hydrogen) atoms. The first-order valence-electron chi connectivity index (χ1n) is 6.59. The van der Waals surface area contributed by atoms with Crippen molar-refractivity contribution in [3.63, 3.8) is 0 Å². The monoisotopic (exact) mass is 351 g/mol. The number of hydrogen-bond acceptors (Lipinski definition) is 8. The van der Waals surface area contributed by atoms with E-state index in [1.807, 2.05) is 0 Å². The van der Waals surface area contributed by atoms with Crippen molar-refractivity contribution in [3.05, 3.63) is 12.0 Å². The first-order valence-corrected chi connectivity index (χ1v) is 7.00. The molecule has 1 aliphatic rings. The molecule has 1 aliphatic heterocycles. The standard InChI is InChI=1S/C12H18FN3O6S/c1-15-11(23)7(13)5-16(6-17)9-3-2-8(21-9)12(19,20)22-10(18)4-14/h5-6,8-9,19-20H,2-4,14H2,1H3,(H,15,23)/b7-5+. The maximum Gasteiger partial charge on any atom is 0.352 e. The molecule has 130 valence electrons. The normalized spacial score (nSPS) is 21.7. The van der Waals surface area contributed by atoms with Crippen molar-refractivity contribution in [3.8, 4) is 0 Å². The maximum atomic E-state index is 13.7. The fourth-order valence-electron chi connectivity index (χ4n) is 1.88. The minimum Gasteiger partial charge on any atom is -0.405 e. The zero-order chi connectivity index (χ0) is 17.6. The Hall–Kier alpha value is -1.66. The maximum absolute atomic E-state index is 13.7. The zero-order valence-corrected chi connectivity index (χ0v) is 13.1. The molecule has 5 N–H and O–H groups in total. The quantitative estimate of drug-likeness (QED) is 0.141. The summed E-state index contributed by atoms with van der Waals surface area (Å²) in [5.41, 5.74) is 5.01. The lowest BCUT2D eigenvalue weighted by atomic mass is 10.2. The SMILES string of the molecule is CNC(=S)/C(F)=C\N(C=O)C1CCC(C(O)(O)OC(=O)CN)O1. The summed E-state index contributed by atoms with van der Waals surface area (Å²) in [7, 11) is 1.42. The smallest absolute Gasteiger partial charge is 0.352 e. The van der Waals surface area contributed by atoms with Gasteiger partial charge in [-0.2, -0.15) is 0 Å². The molecule has 1 heterocycles. The Balaban J connectivity index is 2.76. The summed E-state index contributed by atoms with van der Waals surface area (Å²) in [6.07, 6.45) is -0.973. The van der Waals surface area contributed by atoms with E-state index < -0.39 is 36.6 Å². The number of esters is 1. The number of hydrogen-bond donors (Lipinski definition) is 4. The zero-order valence-electron chi connectivity index (χ0n) is 12.3. The molecule has 11 heteroatoms. The molecule has 2 unspecified atom stereocenters. The summed E-state index contributed by atoms with van der Waals surface area (Å²) in [5, 5.41) is 21.8. The van der Waals surface area contributed by atoms with Gasteiger partial charge in [-0.1, -0.05) is 12.2 Å². The lowest BCUT2D eigenvalue weighted by molar-refractivity contribution is -0.362. The lowest BCUT2D eigenvalue weighted by Crippen LogP contribution is -2.48. The third kappa shape index (κ3) is 5.18. The molecule has 0 bridgehead atoms. The molecular weight excluding hydrogens is 333 g/mol. The van der Waals surface area contributed by atoms with Gasteiger partial charge in [0.1, 0.15) is 11.2 Å². The van der Waals surface area contributed by atoms with Crippen LogP contribution < -0.4 is 11.1 Å². The van der Waals surface area contributed by atoms with Crippen LogP contribution in [0.4, 0.5) is 4.39 Å². The molecule has 1 fully saturated rings. The van der Waals surface area contributed by atoms with Gasteiger partial charge < -0.3 is 30.7 Å². The predicted molar refractivity (Wildman–Crippen MR) is 79.0 cm³/mol. The van der Waals surface area contributed by atoms with Gasteiger partial charge >= 0.3 is 11.9 Å². The average Bonchev–Trinajstić information content (AvgIpc) is 3.01. The number of nitrogens with two attached hydrogens (primary N) is 1. The molecule has 1 amide bonds. The summed E-state index contributed by atoms with van der Waals surface area (Å²) in [6.45, 7) is -0.547. The highest BCUT2D eigenvalue weighted by atomic mass is 32.1. The van der Waals surface area contributed by atoms with Gasteiger partial charge in [0.2, 0.25) is 6.41 Å². The summed E-state index contributed by atoms with van der Waals surface area (Å²) in [6, 6.07) is 0. The summed E-state index contributed by atoms with van der Waals surface area (Å²) in [4.78, 5) is 22.7. The van der Waals surface area contributed by atoms with Crippen molar-refractivity contribution in [1.29, 1.82) is 0 Å². The summed E-state index contributed by atoms with van der Waals surface area (Å²) >= 11 is 4.67. The molecule has 1 rings (SSSR count). The van der Waals surface area contributed by atoms with Crippen molar-refractivity contribution in [2.24, 2.45) is 5.73 Å². The van der Waals surface area contributed by atoms with Crippen LogP contribution in [0.15, 0.2) is 12.0 Å². The van der Waals surface area contributed by atoms with Crippen LogP contribution in [-0.4, -0.2) is 64.4 Å². The molecule has 0 saturated carbocycles. The lowest BCUT2D eigenvalue weighted by Gasteiger charge is -2.28. The van der Waals surface area contributed by atoms with Crippen LogP contribution in [0, 0.1) is 0 Å². The van der Waals surface area contributed by atoms with Crippen molar-refractivity contribution in [2.45, 2.75) is 31.1 Å². The number of nitrogens with one attached hydrogen (secondary N) is 1. The van der Waals surface area contributed by atoms with Gasteiger partial charge in [-0.25, -0.2) is 4.39 Å². The number of thiocarbonyl (C=S) groups is 1. The number of halogens is 1. The van der Waals surface area contributed by atoms with Crippen molar-refractivity contribution < 1.29 is 33.7 Å². The van der Waals surface area contributed by atoms with Gasteiger partial charge in [0.25, 0.3) is 0 Å². The number of amides is 1. The van der Waals surface area contributed by atoms with Gasteiger partial charge in [-0.05, 0) is 12.8 Å². The second kappa shape index (κ2) is 8.26. The third-order valence-corrected chi connectivity index (χ3v) is 3.41. The van der Waals surface area contributed by atoms with Crippen LogP contribution in [0.3, 0.4) is 0 Å². The van der Waals surface area contributed by atoms with Crippen LogP contribution in [0.5, 0.6) is 0 Å². The van der Waals surface area contributed by atoms with Crippen molar-refractivity contribution in [2.75, 3.05) is 13.6 Å². The third-order valence-electron chi connectivity index (χ3n) is 3.01. The molecule has 0 aromatic rings. The van der Waals surface area contributed by atoms with Crippen LogP contribution >= 0.6 is 12.2 Å². The van der Waals surface area contributed by atoms with Gasteiger partial charge in [0, 0.05) is 13.2 Å². The van der Waals surface area contributed by atoms with E-state index in [2.05, 4.69) is 22.3 Å². The molecule has 0 aromatic heterocycles. The Labute approximate surface area is 136 Å². The molecule has 9 nitrogen and oxygen atoms in total. The molecule has 2 atom stereocenters. The van der Waals surface area contributed by atoms with E-state index in [9.17, 15) is 24.2 Å². The summed E-state index contributed by atoms with van der Waals surface area (Å²) < 4.78 is 23.3. The fourth-order valence-corrected chi connectivity index (χ4v) is 1.93. The van der Waals surface area contributed by atoms with Crippen molar-refractivity contribution >= 4 is 29.6 Å². The van der Waals surface area contributed by atoms with E-state index in [-0.39, 0.29) is 17.8 Å². The Bertz CT molecular complexity index is 501. The summed E-state index contributed by atoms with van der Waals surface area (Å²) in [5.74, 6) is -4.81. The first kappa shape index (κ1) is 19.4.